The Morgan fingerprint density at radius 3 is 2.29 bits per heavy atom. The van der Waals surface area contributed by atoms with Gasteiger partial charge in [-0.25, -0.2) is 0 Å². The first-order chi connectivity index (χ1) is 10.2. The molecular weight excluding hydrogens is 260 g/mol. The van der Waals surface area contributed by atoms with Crippen molar-refractivity contribution in [3.63, 3.8) is 0 Å². The van der Waals surface area contributed by atoms with E-state index in [-0.39, 0.29) is 6.04 Å². The Bertz CT molecular complexity index is 534. The van der Waals surface area contributed by atoms with Gasteiger partial charge in [-0.3, -0.25) is 11.3 Å². The van der Waals surface area contributed by atoms with Gasteiger partial charge in [0.05, 0.1) is 6.61 Å². The van der Waals surface area contributed by atoms with Crippen LogP contribution in [0.4, 0.5) is 0 Å². The number of hydrogen-bond donors (Lipinski definition) is 2. The van der Waals surface area contributed by atoms with Crippen molar-refractivity contribution in [1.29, 1.82) is 0 Å². The Labute approximate surface area is 127 Å². The minimum absolute atomic E-state index is 0.105. The van der Waals surface area contributed by atoms with E-state index < -0.39 is 0 Å². The Hall–Kier alpha value is -1.84. The smallest absolute Gasteiger partial charge is 0.119 e. The summed E-state index contributed by atoms with van der Waals surface area (Å²) in [6.07, 6.45) is 1.88. The van der Waals surface area contributed by atoms with E-state index in [1.807, 2.05) is 12.1 Å². The predicted octanol–water partition coefficient (Wildman–Crippen LogP) is 3.53. The van der Waals surface area contributed by atoms with Crippen molar-refractivity contribution < 1.29 is 4.74 Å². The molecule has 2 aromatic carbocycles. The zero-order valence-corrected chi connectivity index (χ0v) is 12.8. The first-order valence-corrected chi connectivity index (χ1v) is 7.47. The number of hydrogen-bond acceptors (Lipinski definition) is 3. The number of benzene rings is 2. The second-order valence-electron chi connectivity index (χ2n) is 5.33. The molecule has 0 saturated heterocycles. The van der Waals surface area contributed by atoms with E-state index >= 15 is 0 Å². The summed E-state index contributed by atoms with van der Waals surface area (Å²) in [5.41, 5.74) is 6.62. The van der Waals surface area contributed by atoms with Crippen LogP contribution in [-0.4, -0.2) is 6.61 Å². The van der Waals surface area contributed by atoms with E-state index in [4.69, 9.17) is 10.6 Å². The molecule has 0 aliphatic carbocycles. The van der Waals surface area contributed by atoms with Crippen molar-refractivity contribution in [1.82, 2.24) is 5.43 Å². The largest absolute Gasteiger partial charge is 0.494 e. The third-order valence-corrected chi connectivity index (χ3v) is 3.52. The van der Waals surface area contributed by atoms with Crippen LogP contribution in [0, 0.1) is 6.92 Å². The van der Waals surface area contributed by atoms with Crippen molar-refractivity contribution in [3.8, 4) is 5.75 Å². The molecule has 0 fully saturated rings. The van der Waals surface area contributed by atoms with Gasteiger partial charge in [-0.2, -0.15) is 0 Å². The average Bonchev–Trinajstić information content (AvgIpc) is 2.53. The maximum atomic E-state index is 5.72. The summed E-state index contributed by atoms with van der Waals surface area (Å²) in [6, 6.07) is 16.8. The lowest BCUT2D eigenvalue weighted by Gasteiger charge is -2.17. The van der Waals surface area contributed by atoms with Gasteiger partial charge in [0.2, 0.25) is 0 Å². The molecule has 0 aromatic heterocycles. The summed E-state index contributed by atoms with van der Waals surface area (Å²) in [5, 5.41) is 0. The summed E-state index contributed by atoms with van der Waals surface area (Å²) >= 11 is 0. The van der Waals surface area contributed by atoms with Crippen molar-refractivity contribution in [3.05, 3.63) is 65.2 Å². The number of nitrogens with one attached hydrogen (secondary N) is 1. The zero-order chi connectivity index (χ0) is 15.1. The van der Waals surface area contributed by atoms with Crippen LogP contribution in [0.2, 0.25) is 0 Å². The highest BCUT2D eigenvalue weighted by Gasteiger charge is 2.10. The van der Waals surface area contributed by atoms with Gasteiger partial charge in [0.25, 0.3) is 0 Å². The Morgan fingerprint density at radius 2 is 1.71 bits per heavy atom. The second-order valence-corrected chi connectivity index (χ2v) is 5.33. The first-order valence-electron chi connectivity index (χ1n) is 7.47. The molecule has 3 nitrogen and oxygen atoms in total. The van der Waals surface area contributed by atoms with Crippen LogP contribution in [-0.2, 0) is 6.42 Å². The van der Waals surface area contributed by atoms with Gasteiger partial charge in [-0.15, -0.1) is 0 Å². The molecule has 0 amide bonds. The van der Waals surface area contributed by atoms with Gasteiger partial charge < -0.3 is 4.74 Å². The molecule has 3 heteroatoms. The molecule has 1 atom stereocenters. The number of hydrazine groups is 1. The standard InChI is InChI=1S/C18H24N2O/c1-3-12-21-17-10-8-16(9-11-17)18(20-19)13-15-6-4-14(2)5-7-15/h4-11,18,20H,3,12-13,19H2,1-2H3. The minimum Gasteiger partial charge on any atom is -0.494 e. The molecule has 0 aliphatic heterocycles. The van der Waals surface area contributed by atoms with E-state index in [0.717, 1.165) is 25.2 Å². The summed E-state index contributed by atoms with van der Waals surface area (Å²) in [4.78, 5) is 0. The Balaban J connectivity index is 2.04. The van der Waals surface area contributed by atoms with Crippen LogP contribution in [0.15, 0.2) is 48.5 Å². The van der Waals surface area contributed by atoms with Crippen LogP contribution < -0.4 is 16.0 Å². The third kappa shape index (κ3) is 4.59. The molecule has 2 aromatic rings. The molecule has 0 bridgehead atoms. The maximum absolute atomic E-state index is 5.72. The quantitative estimate of drug-likeness (QED) is 0.604. The van der Waals surface area contributed by atoms with Crippen molar-refractivity contribution in [2.45, 2.75) is 32.7 Å². The first kappa shape index (κ1) is 15.5. The molecule has 0 radical (unpaired) electrons. The summed E-state index contributed by atoms with van der Waals surface area (Å²) in [6.45, 7) is 4.95. The molecule has 0 spiro atoms. The van der Waals surface area contributed by atoms with Gasteiger partial charge in [-0.05, 0) is 43.0 Å². The average molecular weight is 284 g/mol. The fraction of sp³-hybridized carbons (Fsp3) is 0.333. The lowest BCUT2D eigenvalue weighted by atomic mass is 9.99. The molecular formula is C18H24N2O. The molecule has 112 valence electrons. The van der Waals surface area contributed by atoms with Crippen LogP contribution in [0.25, 0.3) is 0 Å². The fourth-order valence-corrected chi connectivity index (χ4v) is 2.25. The second kappa shape index (κ2) is 7.81. The fourth-order valence-electron chi connectivity index (χ4n) is 2.25. The summed E-state index contributed by atoms with van der Waals surface area (Å²) in [5.74, 6) is 6.63. The summed E-state index contributed by atoms with van der Waals surface area (Å²) < 4.78 is 5.60. The highest BCUT2D eigenvalue weighted by molar-refractivity contribution is 5.31. The normalized spacial score (nSPS) is 12.1. The van der Waals surface area contributed by atoms with E-state index in [0.29, 0.717) is 0 Å². The minimum atomic E-state index is 0.105. The highest BCUT2D eigenvalue weighted by Crippen LogP contribution is 2.21. The summed E-state index contributed by atoms with van der Waals surface area (Å²) in [7, 11) is 0. The van der Waals surface area contributed by atoms with Crippen molar-refractivity contribution >= 4 is 0 Å². The van der Waals surface area contributed by atoms with Gasteiger partial charge in [-0.1, -0.05) is 48.9 Å². The number of ether oxygens (including phenoxy) is 1. The van der Waals surface area contributed by atoms with Gasteiger partial charge in [0.15, 0.2) is 0 Å². The predicted molar refractivity (Wildman–Crippen MR) is 87.2 cm³/mol. The lowest BCUT2D eigenvalue weighted by Crippen LogP contribution is -2.29. The molecule has 2 rings (SSSR count). The van der Waals surface area contributed by atoms with Gasteiger partial charge in [0, 0.05) is 6.04 Å². The maximum Gasteiger partial charge on any atom is 0.119 e. The number of nitrogens with two attached hydrogens (primary N) is 1. The Morgan fingerprint density at radius 1 is 1.05 bits per heavy atom. The van der Waals surface area contributed by atoms with E-state index in [1.165, 1.54) is 16.7 Å². The van der Waals surface area contributed by atoms with Gasteiger partial charge >= 0.3 is 0 Å². The lowest BCUT2D eigenvalue weighted by molar-refractivity contribution is 0.317. The van der Waals surface area contributed by atoms with Crippen molar-refractivity contribution in [2.24, 2.45) is 5.84 Å². The molecule has 1 unspecified atom stereocenters. The van der Waals surface area contributed by atoms with Gasteiger partial charge in [0.1, 0.15) is 5.75 Å². The SMILES string of the molecule is CCCOc1ccc(C(Cc2ccc(C)cc2)NN)cc1. The van der Waals surface area contributed by atoms with Crippen LogP contribution in [0.5, 0.6) is 5.75 Å². The molecule has 0 aliphatic rings. The zero-order valence-electron chi connectivity index (χ0n) is 12.8. The van der Waals surface area contributed by atoms with E-state index in [2.05, 4.69) is 55.7 Å². The van der Waals surface area contributed by atoms with Crippen LogP contribution in [0.3, 0.4) is 0 Å². The third-order valence-electron chi connectivity index (χ3n) is 3.52. The van der Waals surface area contributed by atoms with Crippen LogP contribution >= 0.6 is 0 Å². The van der Waals surface area contributed by atoms with Crippen molar-refractivity contribution in [2.75, 3.05) is 6.61 Å². The topological polar surface area (TPSA) is 47.3 Å². The number of rotatable bonds is 7. The molecule has 0 heterocycles. The Kier molecular flexibility index (Phi) is 5.78. The van der Waals surface area contributed by atoms with E-state index in [9.17, 15) is 0 Å². The number of aryl methyl sites for hydroxylation is 1. The monoisotopic (exact) mass is 284 g/mol. The molecule has 0 saturated carbocycles. The van der Waals surface area contributed by atoms with E-state index in [1.54, 1.807) is 0 Å². The molecule has 3 N–H and O–H groups in total. The van der Waals surface area contributed by atoms with Crippen LogP contribution in [0.1, 0.15) is 36.1 Å². The highest BCUT2D eigenvalue weighted by atomic mass is 16.5. The molecule has 21 heavy (non-hydrogen) atoms.